The van der Waals surface area contributed by atoms with Gasteiger partial charge in [-0.3, -0.25) is 4.79 Å². The topological polar surface area (TPSA) is 81.4 Å². The molecule has 2 rings (SSSR count). The minimum Gasteiger partial charge on any atom is -0.452 e. The van der Waals surface area contributed by atoms with E-state index in [9.17, 15) is 9.59 Å². The summed E-state index contributed by atoms with van der Waals surface area (Å²) in [5.74, 6) is -1.05. The van der Waals surface area contributed by atoms with Crippen LogP contribution >= 0.6 is 23.4 Å². The molecule has 0 aliphatic carbocycles. The Hall–Kier alpha value is -2.18. The molecule has 120 valence electrons. The molecule has 2 aromatic carbocycles. The number of nitrogen functional groups attached to an aromatic ring is 1. The number of nitrogens with one attached hydrogen (secondary N) is 1. The number of nitrogens with two attached hydrogens (primary N) is 1. The number of ether oxygens (including phenoxy) is 1. The lowest BCUT2D eigenvalue weighted by Gasteiger charge is -2.10. The van der Waals surface area contributed by atoms with Gasteiger partial charge in [0.05, 0.1) is 22.0 Å². The number of anilines is 2. The van der Waals surface area contributed by atoms with Crippen molar-refractivity contribution in [3.05, 3.63) is 53.1 Å². The van der Waals surface area contributed by atoms with Gasteiger partial charge in [-0.15, -0.1) is 11.8 Å². The van der Waals surface area contributed by atoms with Crippen molar-refractivity contribution in [2.75, 3.05) is 23.9 Å². The van der Waals surface area contributed by atoms with E-state index in [0.717, 1.165) is 4.90 Å². The Morgan fingerprint density at radius 1 is 1.26 bits per heavy atom. The molecule has 0 bridgehead atoms. The number of benzene rings is 2. The van der Waals surface area contributed by atoms with Gasteiger partial charge in [0.1, 0.15) is 0 Å². The highest BCUT2D eigenvalue weighted by Gasteiger charge is 2.12. The zero-order valence-electron chi connectivity index (χ0n) is 12.3. The van der Waals surface area contributed by atoms with Crippen molar-refractivity contribution in [3.8, 4) is 0 Å². The lowest BCUT2D eigenvalue weighted by Crippen LogP contribution is -2.21. The van der Waals surface area contributed by atoms with Crippen LogP contribution in [-0.2, 0) is 9.53 Å². The number of hydrogen-bond acceptors (Lipinski definition) is 5. The van der Waals surface area contributed by atoms with Gasteiger partial charge in [0, 0.05) is 4.90 Å². The highest BCUT2D eigenvalue weighted by atomic mass is 35.5. The van der Waals surface area contributed by atoms with E-state index in [2.05, 4.69) is 5.32 Å². The van der Waals surface area contributed by atoms with Crippen LogP contribution in [0.3, 0.4) is 0 Å². The third-order valence-corrected chi connectivity index (χ3v) is 4.09. The molecule has 3 N–H and O–H groups in total. The Morgan fingerprint density at radius 3 is 2.70 bits per heavy atom. The summed E-state index contributed by atoms with van der Waals surface area (Å²) >= 11 is 7.30. The molecular weight excluding hydrogens is 336 g/mol. The number of carbonyl (C=O) groups excluding carboxylic acids is 2. The van der Waals surface area contributed by atoms with Gasteiger partial charge in [-0.05, 0) is 36.6 Å². The van der Waals surface area contributed by atoms with E-state index >= 15 is 0 Å². The monoisotopic (exact) mass is 350 g/mol. The number of carbonyl (C=O) groups is 2. The Bertz CT molecular complexity index is 737. The van der Waals surface area contributed by atoms with Gasteiger partial charge in [-0.1, -0.05) is 23.7 Å². The lowest BCUT2D eigenvalue weighted by atomic mass is 10.2. The third-order valence-electron chi connectivity index (χ3n) is 2.95. The number of para-hydroxylation sites is 1. The molecule has 0 aliphatic heterocycles. The summed E-state index contributed by atoms with van der Waals surface area (Å²) in [4.78, 5) is 24.7. The molecule has 7 heteroatoms. The molecule has 0 heterocycles. The second-order valence-corrected chi connectivity index (χ2v) is 5.82. The highest BCUT2D eigenvalue weighted by Crippen LogP contribution is 2.24. The van der Waals surface area contributed by atoms with E-state index in [1.165, 1.54) is 30.0 Å². The van der Waals surface area contributed by atoms with Crippen molar-refractivity contribution >= 4 is 46.6 Å². The molecule has 0 saturated carbocycles. The van der Waals surface area contributed by atoms with Crippen molar-refractivity contribution in [1.82, 2.24) is 0 Å². The van der Waals surface area contributed by atoms with Gasteiger partial charge in [-0.2, -0.15) is 0 Å². The Kier molecular flexibility index (Phi) is 5.90. The van der Waals surface area contributed by atoms with E-state index in [1.54, 1.807) is 6.07 Å². The first kappa shape index (κ1) is 17.2. The third kappa shape index (κ3) is 4.64. The van der Waals surface area contributed by atoms with Crippen LogP contribution in [0.15, 0.2) is 47.4 Å². The maximum absolute atomic E-state index is 11.9. The van der Waals surface area contributed by atoms with E-state index < -0.39 is 11.9 Å². The average Bonchev–Trinajstić information content (AvgIpc) is 2.55. The summed E-state index contributed by atoms with van der Waals surface area (Å²) < 4.78 is 4.97. The van der Waals surface area contributed by atoms with E-state index in [-0.39, 0.29) is 17.9 Å². The van der Waals surface area contributed by atoms with Crippen LogP contribution in [0.25, 0.3) is 0 Å². The number of esters is 1. The summed E-state index contributed by atoms with van der Waals surface area (Å²) in [5, 5.41) is 3.06. The SMILES string of the molecule is CSc1ccccc1NC(=O)COC(=O)c1ccc(Cl)c(N)c1. The lowest BCUT2D eigenvalue weighted by molar-refractivity contribution is -0.119. The largest absolute Gasteiger partial charge is 0.452 e. The van der Waals surface area contributed by atoms with Crippen molar-refractivity contribution in [2.45, 2.75) is 4.90 Å². The quantitative estimate of drug-likeness (QED) is 0.490. The van der Waals surface area contributed by atoms with Crippen molar-refractivity contribution in [2.24, 2.45) is 0 Å². The normalized spacial score (nSPS) is 10.2. The van der Waals surface area contributed by atoms with Gasteiger partial charge >= 0.3 is 5.97 Å². The van der Waals surface area contributed by atoms with E-state index in [0.29, 0.717) is 10.7 Å². The van der Waals surface area contributed by atoms with Crippen LogP contribution in [0.1, 0.15) is 10.4 Å². The van der Waals surface area contributed by atoms with Crippen LogP contribution in [0, 0.1) is 0 Å². The van der Waals surface area contributed by atoms with Gasteiger partial charge in [-0.25, -0.2) is 4.79 Å². The molecule has 0 radical (unpaired) electrons. The smallest absolute Gasteiger partial charge is 0.338 e. The summed E-state index contributed by atoms with van der Waals surface area (Å²) in [6.45, 7) is -0.385. The fraction of sp³-hybridized carbons (Fsp3) is 0.125. The molecule has 0 spiro atoms. The molecule has 0 atom stereocenters. The van der Waals surface area contributed by atoms with Crippen molar-refractivity contribution in [3.63, 3.8) is 0 Å². The second kappa shape index (κ2) is 7.89. The number of halogens is 1. The maximum atomic E-state index is 11.9. The molecule has 1 amide bonds. The number of hydrogen-bond donors (Lipinski definition) is 2. The minimum absolute atomic E-state index is 0.240. The number of amides is 1. The molecule has 0 unspecified atom stereocenters. The van der Waals surface area contributed by atoms with Gasteiger partial charge in [0.15, 0.2) is 6.61 Å². The Balaban J connectivity index is 1.93. The second-order valence-electron chi connectivity index (χ2n) is 4.56. The van der Waals surface area contributed by atoms with Crippen molar-refractivity contribution < 1.29 is 14.3 Å². The summed E-state index contributed by atoms with van der Waals surface area (Å²) in [6, 6.07) is 11.8. The maximum Gasteiger partial charge on any atom is 0.338 e. The van der Waals surface area contributed by atoms with Gasteiger partial charge in [0.2, 0.25) is 0 Å². The average molecular weight is 351 g/mol. The van der Waals surface area contributed by atoms with Crippen LogP contribution in [0.5, 0.6) is 0 Å². The van der Waals surface area contributed by atoms with Crippen LogP contribution in [0.2, 0.25) is 5.02 Å². The van der Waals surface area contributed by atoms with Gasteiger partial charge < -0.3 is 15.8 Å². The Morgan fingerprint density at radius 2 is 2.00 bits per heavy atom. The zero-order valence-corrected chi connectivity index (χ0v) is 13.9. The molecule has 23 heavy (non-hydrogen) atoms. The first-order chi connectivity index (χ1) is 11.0. The van der Waals surface area contributed by atoms with Gasteiger partial charge in [0.25, 0.3) is 5.91 Å². The first-order valence-corrected chi connectivity index (χ1v) is 8.26. The first-order valence-electron chi connectivity index (χ1n) is 6.66. The van der Waals surface area contributed by atoms with Crippen molar-refractivity contribution in [1.29, 1.82) is 0 Å². The fourth-order valence-electron chi connectivity index (χ4n) is 1.82. The van der Waals surface area contributed by atoms with E-state index in [4.69, 9.17) is 22.1 Å². The van der Waals surface area contributed by atoms with Crippen LogP contribution in [-0.4, -0.2) is 24.7 Å². The van der Waals surface area contributed by atoms with Crippen LogP contribution in [0.4, 0.5) is 11.4 Å². The predicted molar refractivity (Wildman–Crippen MR) is 93.0 cm³/mol. The molecular formula is C16H15ClN2O3S. The molecule has 0 aromatic heterocycles. The standard InChI is InChI=1S/C16H15ClN2O3S/c1-23-14-5-3-2-4-13(14)19-15(20)9-22-16(21)10-6-7-11(17)12(18)8-10/h2-8H,9,18H2,1H3,(H,19,20). The summed E-state index contributed by atoms with van der Waals surface area (Å²) in [5.41, 5.74) is 6.82. The Labute approximate surface area is 143 Å². The number of thioether (sulfide) groups is 1. The molecule has 0 aliphatic rings. The zero-order chi connectivity index (χ0) is 16.8. The molecule has 0 fully saturated rings. The molecule has 2 aromatic rings. The van der Waals surface area contributed by atoms with E-state index in [1.807, 2.05) is 24.5 Å². The molecule has 5 nitrogen and oxygen atoms in total. The summed E-state index contributed by atoms with van der Waals surface area (Å²) in [6.07, 6.45) is 1.91. The number of rotatable bonds is 5. The minimum atomic E-state index is -0.637. The molecule has 0 saturated heterocycles. The van der Waals surface area contributed by atoms with Crippen LogP contribution < -0.4 is 11.1 Å². The highest BCUT2D eigenvalue weighted by molar-refractivity contribution is 7.98. The summed E-state index contributed by atoms with van der Waals surface area (Å²) in [7, 11) is 0. The predicted octanol–water partition coefficient (Wildman–Crippen LogP) is 3.44. The fourth-order valence-corrected chi connectivity index (χ4v) is 2.49.